The molecule has 2 amide bonds. The summed E-state index contributed by atoms with van der Waals surface area (Å²) >= 11 is 0. The van der Waals surface area contributed by atoms with Crippen molar-refractivity contribution in [3.05, 3.63) is 0 Å². The van der Waals surface area contributed by atoms with Crippen LogP contribution in [0.4, 0.5) is 4.79 Å². The summed E-state index contributed by atoms with van der Waals surface area (Å²) in [5.41, 5.74) is 0. The number of amides is 2. The molecule has 0 radical (unpaired) electrons. The van der Waals surface area contributed by atoms with Crippen molar-refractivity contribution < 1.29 is 19.8 Å². The maximum absolute atomic E-state index is 11.4. The SMILES string of the molecule is CN(C)CCCN(C)C(=O)NC[C@H](O)C(=O)O. The predicted octanol–water partition coefficient (Wildman–Crippen LogP) is -0.975. The molecule has 0 bridgehead atoms. The average Bonchev–Trinajstić information content (AvgIpc) is 2.24. The maximum Gasteiger partial charge on any atom is 0.334 e. The summed E-state index contributed by atoms with van der Waals surface area (Å²) in [5.74, 6) is -1.35. The van der Waals surface area contributed by atoms with Crippen LogP contribution < -0.4 is 5.32 Å². The van der Waals surface area contributed by atoms with E-state index in [1.165, 1.54) is 4.90 Å². The minimum atomic E-state index is -1.56. The molecule has 0 saturated carbocycles. The van der Waals surface area contributed by atoms with Gasteiger partial charge in [0.25, 0.3) is 0 Å². The molecule has 0 rings (SSSR count). The first-order valence-corrected chi connectivity index (χ1v) is 5.39. The van der Waals surface area contributed by atoms with Crippen molar-refractivity contribution in [2.75, 3.05) is 40.8 Å². The van der Waals surface area contributed by atoms with Crippen LogP contribution in [0.2, 0.25) is 0 Å². The fourth-order valence-corrected chi connectivity index (χ4v) is 1.13. The number of carboxylic acids is 1. The van der Waals surface area contributed by atoms with Gasteiger partial charge in [-0.1, -0.05) is 0 Å². The van der Waals surface area contributed by atoms with Crippen LogP contribution in [0.3, 0.4) is 0 Å². The zero-order valence-corrected chi connectivity index (χ0v) is 10.5. The second kappa shape index (κ2) is 7.86. The molecule has 0 aromatic carbocycles. The molecule has 0 aliphatic heterocycles. The van der Waals surface area contributed by atoms with Gasteiger partial charge in [0.1, 0.15) is 0 Å². The number of nitrogens with one attached hydrogen (secondary N) is 1. The predicted molar refractivity (Wildman–Crippen MR) is 62.8 cm³/mol. The lowest BCUT2D eigenvalue weighted by atomic mass is 10.3. The van der Waals surface area contributed by atoms with Crippen LogP contribution in [0, 0.1) is 0 Å². The average molecular weight is 247 g/mol. The minimum absolute atomic E-state index is 0.286. The van der Waals surface area contributed by atoms with Crippen LogP contribution >= 0.6 is 0 Å². The van der Waals surface area contributed by atoms with Crippen LogP contribution in [0.1, 0.15) is 6.42 Å². The van der Waals surface area contributed by atoms with Gasteiger partial charge in [0.05, 0.1) is 6.54 Å². The Hall–Kier alpha value is -1.34. The molecule has 7 nitrogen and oxygen atoms in total. The summed E-state index contributed by atoms with van der Waals surface area (Å²) in [7, 11) is 5.52. The Balaban J connectivity index is 3.78. The van der Waals surface area contributed by atoms with E-state index in [9.17, 15) is 9.59 Å². The molecule has 0 fully saturated rings. The number of carbonyl (C=O) groups excluding carboxylic acids is 1. The third-order valence-electron chi connectivity index (χ3n) is 2.18. The Morgan fingerprint density at radius 3 is 2.29 bits per heavy atom. The van der Waals surface area contributed by atoms with E-state index in [-0.39, 0.29) is 12.6 Å². The van der Waals surface area contributed by atoms with Crippen molar-refractivity contribution in [2.24, 2.45) is 0 Å². The molecule has 17 heavy (non-hydrogen) atoms. The van der Waals surface area contributed by atoms with Crippen LogP contribution in [-0.2, 0) is 4.79 Å². The van der Waals surface area contributed by atoms with Crippen LogP contribution in [0.25, 0.3) is 0 Å². The standard InChI is InChI=1S/C10H21N3O4/c1-12(2)5-4-6-13(3)10(17)11-7-8(14)9(15)16/h8,14H,4-7H2,1-3H3,(H,11,17)(H,15,16)/t8-/m0/s1. The third-order valence-corrected chi connectivity index (χ3v) is 2.18. The zero-order valence-electron chi connectivity index (χ0n) is 10.5. The van der Waals surface area contributed by atoms with E-state index in [0.717, 1.165) is 13.0 Å². The molecular formula is C10H21N3O4. The van der Waals surface area contributed by atoms with Gasteiger partial charge in [-0.05, 0) is 27.1 Å². The number of urea groups is 1. The Bertz CT molecular complexity index is 258. The van der Waals surface area contributed by atoms with Gasteiger partial charge in [-0.15, -0.1) is 0 Å². The summed E-state index contributed by atoms with van der Waals surface area (Å²) in [6.45, 7) is 1.16. The number of aliphatic hydroxyl groups excluding tert-OH is 1. The second-order valence-electron chi connectivity index (χ2n) is 4.12. The Morgan fingerprint density at radius 2 is 1.82 bits per heavy atom. The molecule has 7 heteroatoms. The van der Waals surface area contributed by atoms with Crippen molar-refractivity contribution in [3.8, 4) is 0 Å². The number of rotatable bonds is 7. The van der Waals surface area contributed by atoms with Crippen molar-refractivity contribution in [1.82, 2.24) is 15.1 Å². The summed E-state index contributed by atoms with van der Waals surface area (Å²) in [6.07, 6.45) is -0.729. The second-order valence-corrected chi connectivity index (χ2v) is 4.12. The molecule has 0 aliphatic carbocycles. The van der Waals surface area contributed by atoms with Crippen LogP contribution in [0.5, 0.6) is 0 Å². The molecular weight excluding hydrogens is 226 g/mol. The van der Waals surface area contributed by atoms with Gasteiger partial charge in [-0.25, -0.2) is 9.59 Å². The molecule has 0 aromatic heterocycles. The fraction of sp³-hybridized carbons (Fsp3) is 0.800. The molecule has 0 aromatic rings. The number of nitrogens with zero attached hydrogens (tertiary/aromatic N) is 2. The fourth-order valence-electron chi connectivity index (χ4n) is 1.13. The third kappa shape index (κ3) is 7.53. The molecule has 0 heterocycles. The van der Waals surface area contributed by atoms with E-state index in [2.05, 4.69) is 5.32 Å². The largest absolute Gasteiger partial charge is 0.479 e. The molecule has 0 saturated heterocycles. The minimum Gasteiger partial charge on any atom is -0.479 e. The van der Waals surface area contributed by atoms with E-state index in [1.807, 2.05) is 19.0 Å². The molecule has 3 N–H and O–H groups in total. The lowest BCUT2D eigenvalue weighted by molar-refractivity contribution is -0.146. The topological polar surface area (TPSA) is 93.1 Å². The van der Waals surface area contributed by atoms with Gasteiger partial charge in [0, 0.05) is 13.6 Å². The summed E-state index contributed by atoms with van der Waals surface area (Å²) in [6, 6.07) is -0.385. The maximum atomic E-state index is 11.4. The van der Waals surface area contributed by atoms with Crippen molar-refractivity contribution in [1.29, 1.82) is 0 Å². The van der Waals surface area contributed by atoms with E-state index in [0.29, 0.717) is 6.54 Å². The Labute approximate surface area is 101 Å². The van der Waals surface area contributed by atoms with Gasteiger partial charge in [0.15, 0.2) is 6.10 Å². The highest BCUT2D eigenvalue weighted by molar-refractivity contribution is 5.76. The first-order valence-electron chi connectivity index (χ1n) is 5.39. The molecule has 0 unspecified atom stereocenters. The monoisotopic (exact) mass is 247 g/mol. The number of hydrogen-bond donors (Lipinski definition) is 3. The van der Waals surface area contributed by atoms with E-state index >= 15 is 0 Å². The first-order chi connectivity index (χ1) is 7.84. The molecule has 1 atom stereocenters. The highest BCUT2D eigenvalue weighted by Gasteiger charge is 2.15. The van der Waals surface area contributed by atoms with E-state index in [4.69, 9.17) is 10.2 Å². The van der Waals surface area contributed by atoms with Crippen molar-refractivity contribution in [2.45, 2.75) is 12.5 Å². The van der Waals surface area contributed by atoms with Gasteiger partial charge < -0.3 is 25.3 Å². The van der Waals surface area contributed by atoms with Gasteiger partial charge in [0.2, 0.25) is 0 Å². The molecule has 0 spiro atoms. The normalized spacial score (nSPS) is 12.3. The van der Waals surface area contributed by atoms with E-state index < -0.39 is 12.1 Å². The highest BCUT2D eigenvalue weighted by Crippen LogP contribution is 1.91. The number of aliphatic hydroxyl groups is 1. The Morgan fingerprint density at radius 1 is 1.24 bits per heavy atom. The lowest BCUT2D eigenvalue weighted by Crippen LogP contribution is -2.43. The highest BCUT2D eigenvalue weighted by atomic mass is 16.4. The quantitative estimate of drug-likeness (QED) is 0.538. The smallest absolute Gasteiger partial charge is 0.334 e. The molecule has 0 aliphatic rings. The molecule has 100 valence electrons. The van der Waals surface area contributed by atoms with Crippen LogP contribution in [-0.4, -0.2) is 78.9 Å². The van der Waals surface area contributed by atoms with Gasteiger partial charge in [-0.2, -0.15) is 0 Å². The number of hydrogen-bond acceptors (Lipinski definition) is 4. The van der Waals surface area contributed by atoms with E-state index in [1.54, 1.807) is 7.05 Å². The first kappa shape index (κ1) is 15.7. The number of carboxylic acid groups (broad SMARTS) is 1. The Kier molecular flexibility index (Phi) is 7.24. The van der Waals surface area contributed by atoms with Gasteiger partial charge in [-0.3, -0.25) is 0 Å². The summed E-state index contributed by atoms with van der Waals surface area (Å²) in [5, 5.41) is 19.7. The van der Waals surface area contributed by atoms with Crippen molar-refractivity contribution >= 4 is 12.0 Å². The van der Waals surface area contributed by atoms with Crippen molar-refractivity contribution in [3.63, 3.8) is 0 Å². The summed E-state index contributed by atoms with van der Waals surface area (Å²) in [4.78, 5) is 25.2. The number of carbonyl (C=O) groups is 2. The number of aliphatic carboxylic acids is 1. The lowest BCUT2D eigenvalue weighted by Gasteiger charge is -2.19. The summed E-state index contributed by atoms with van der Waals surface area (Å²) < 4.78 is 0. The zero-order chi connectivity index (χ0) is 13.4. The van der Waals surface area contributed by atoms with Gasteiger partial charge >= 0.3 is 12.0 Å². The van der Waals surface area contributed by atoms with Crippen LogP contribution in [0.15, 0.2) is 0 Å².